The molecule has 0 radical (unpaired) electrons. The van der Waals surface area contributed by atoms with E-state index in [4.69, 9.17) is 10.00 Å². The number of nitrogens with one attached hydrogen (secondary N) is 2. The van der Waals surface area contributed by atoms with Crippen LogP contribution in [0.5, 0.6) is 0 Å². The van der Waals surface area contributed by atoms with Gasteiger partial charge < -0.3 is 15.0 Å². The molecular weight excluding hydrogens is 368 g/mol. The third-order valence-corrected chi connectivity index (χ3v) is 5.08. The number of nitriles is 1. The van der Waals surface area contributed by atoms with Gasteiger partial charge in [0.15, 0.2) is 5.13 Å². The molecule has 0 spiro atoms. The summed E-state index contributed by atoms with van der Waals surface area (Å²) in [4.78, 5) is 43.0. The van der Waals surface area contributed by atoms with Gasteiger partial charge in [0.05, 0.1) is 12.3 Å². The largest absolute Gasteiger partial charge is 0.462 e. The van der Waals surface area contributed by atoms with Crippen LogP contribution >= 0.6 is 11.3 Å². The topological polar surface area (TPSA) is 125 Å². The van der Waals surface area contributed by atoms with Gasteiger partial charge in [0.1, 0.15) is 16.5 Å². The Balaban J connectivity index is 2.08. The van der Waals surface area contributed by atoms with Crippen LogP contribution in [0.3, 0.4) is 0 Å². The summed E-state index contributed by atoms with van der Waals surface area (Å²) >= 11 is 1.06. The second-order valence-corrected chi connectivity index (χ2v) is 6.87. The van der Waals surface area contributed by atoms with E-state index in [2.05, 4.69) is 15.3 Å². The van der Waals surface area contributed by atoms with Gasteiger partial charge in [-0.2, -0.15) is 5.26 Å². The number of carbonyl (C=O) groups is 2. The van der Waals surface area contributed by atoms with Crippen LogP contribution in [-0.4, -0.2) is 28.5 Å². The summed E-state index contributed by atoms with van der Waals surface area (Å²) in [5, 5.41) is 12.1. The van der Waals surface area contributed by atoms with Crippen molar-refractivity contribution in [1.82, 2.24) is 9.97 Å². The average Bonchev–Trinajstić information content (AvgIpc) is 2.95. The van der Waals surface area contributed by atoms with Gasteiger partial charge in [-0.15, -0.1) is 0 Å². The number of rotatable bonds is 6. The van der Waals surface area contributed by atoms with E-state index in [1.54, 1.807) is 27.7 Å². The molecule has 1 amide bonds. The maximum atomic E-state index is 12.2. The van der Waals surface area contributed by atoms with Crippen LogP contribution in [0.25, 0.3) is 0 Å². The van der Waals surface area contributed by atoms with Crippen molar-refractivity contribution in [3.8, 4) is 6.07 Å². The fourth-order valence-electron chi connectivity index (χ4n) is 2.68. The van der Waals surface area contributed by atoms with Crippen molar-refractivity contribution < 1.29 is 14.3 Å². The summed E-state index contributed by atoms with van der Waals surface area (Å²) in [7, 11) is 0. The zero-order chi connectivity index (χ0) is 20.1. The van der Waals surface area contributed by atoms with Gasteiger partial charge in [0, 0.05) is 12.1 Å². The molecule has 8 nitrogen and oxygen atoms in total. The Kier molecular flexibility index (Phi) is 6.47. The van der Waals surface area contributed by atoms with Crippen molar-refractivity contribution in [3.63, 3.8) is 0 Å². The molecule has 27 heavy (non-hydrogen) atoms. The summed E-state index contributed by atoms with van der Waals surface area (Å²) in [6.07, 6.45) is 0.510. The molecule has 0 fully saturated rings. The van der Waals surface area contributed by atoms with Gasteiger partial charge in [-0.3, -0.25) is 9.59 Å². The smallest absolute Gasteiger partial charge is 0.350 e. The van der Waals surface area contributed by atoms with Crippen LogP contribution in [0, 0.1) is 32.1 Å². The van der Waals surface area contributed by atoms with Gasteiger partial charge in [-0.25, -0.2) is 9.78 Å². The Hall–Kier alpha value is -2.99. The number of aromatic amines is 1. The standard InChI is InChI=1S/C18H20N4O4S/c1-5-26-17(25)15-11(4)21-18(27-15)22-14(23)7-6-12-9(2)13(8-19)16(24)20-10(12)3/h5-7H2,1-4H3,(H,20,24)(H,21,22,23). The molecule has 0 atom stereocenters. The van der Waals surface area contributed by atoms with Gasteiger partial charge in [0.25, 0.3) is 5.56 Å². The van der Waals surface area contributed by atoms with E-state index in [1.807, 2.05) is 6.07 Å². The van der Waals surface area contributed by atoms with Gasteiger partial charge >= 0.3 is 5.97 Å². The molecule has 2 aromatic heterocycles. The highest BCUT2D eigenvalue weighted by molar-refractivity contribution is 7.17. The number of aryl methyl sites for hydroxylation is 2. The van der Waals surface area contributed by atoms with E-state index in [0.29, 0.717) is 33.4 Å². The lowest BCUT2D eigenvalue weighted by Gasteiger charge is -2.10. The fraction of sp³-hybridized carbons (Fsp3) is 0.389. The number of aromatic nitrogens is 2. The number of anilines is 1. The zero-order valence-corrected chi connectivity index (χ0v) is 16.4. The number of amides is 1. The second-order valence-electron chi connectivity index (χ2n) is 5.87. The van der Waals surface area contributed by atoms with Crippen LogP contribution < -0.4 is 10.9 Å². The van der Waals surface area contributed by atoms with Crippen LogP contribution in [0.15, 0.2) is 4.79 Å². The molecule has 0 saturated heterocycles. The van der Waals surface area contributed by atoms with Gasteiger partial charge in [-0.1, -0.05) is 11.3 Å². The van der Waals surface area contributed by atoms with E-state index in [9.17, 15) is 14.4 Å². The fourth-order valence-corrected chi connectivity index (χ4v) is 3.55. The molecular formula is C18H20N4O4S. The zero-order valence-electron chi connectivity index (χ0n) is 15.6. The first-order valence-corrected chi connectivity index (χ1v) is 9.16. The summed E-state index contributed by atoms with van der Waals surface area (Å²) in [6.45, 7) is 7.09. The first-order valence-electron chi connectivity index (χ1n) is 8.35. The Labute approximate surface area is 160 Å². The predicted molar refractivity (Wildman–Crippen MR) is 101 cm³/mol. The van der Waals surface area contributed by atoms with Crippen molar-refractivity contribution in [2.45, 2.75) is 40.5 Å². The monoisotopic (exact) mass is 388 g/mol. The highest BCUT2D eigenvalue weighted by Crippen LogP contribution is 2.24. The average molecular weight is 388 g/mol. The summed E-state index contributed by atoms with van der Waals surface area (Å²) in [5.41, 5.74) is 2.12. The number of ether oxygens (including phenoxy) is 1. The lowest BCUT2D eigenvalue weighted by molar-refractivity contribution is -0.116. The summed E-state index contributed by atoms with van der Waals surface area (Å²) in [5.74, 6) is -0.737. The normalized spacial score (nSPS) is 10.3. The summed E-state index contributed by atoms with van der Waals surface area (Å²) in [6, 6.07) is 1.89. The lowest BCUT2D eigenvalue weighted by Crippen LogP contribution is -2.18. The second kappa shape index (κ2) is 8.60. The van der Waals surface area contributed by atoms with E-state index < -0.39 is 11.5 Å². The van der Waals surface area contributed by atoms with Crippen molar-refractivity contribution in [2.75, 3.05) is 11.9 Å². The SMILES string of the molecule is CCOC(=O)c1sc(NC(=O)CCc2c(C)[nH]c(=O)c(C#N)c2C)nc1C. The van der Waals surface area contributed by atoms with Crippen molar-refractivity contribution in [2.24, 2.45) is 0 Å². The number of esters is 1. The quantitative estimate of drug-likeness (QED) is 0.732. The maximum Gasteiger partial charge on any atom is 0.350 e. The Bertz CT molecular complexity index is 984. The molecule has 2 aromatic rings. The molecule has 2 rings (SSSR count). The molecule has 0 bridgehead atoms. The molecule has 9 heteroatoms. The molecule has 2 heterocycles. The molecule has 0 aliphatic carbocycles. The summed E-state index contributed by atoms with van der Waals surface area (Å²) < 4.78 is 4.95. The minimum Gasteiger partial charge on any atom is -0.462 e. The molecule has 0 unspecified atom stereocenters. The Morgan fingerprint density at radius 1 is 1.33 bits per heavy atom. The van der Waals surface area contributed by atoms with Crippen molar-refractivity contribution in [3.05, 3.63) is 43.3 Å². The van der Waals surface area contributed by atoms with Crippen LogP contribution in [0.2, 0.25) is 0 Å². The Morgan fingerprint density at radius 2 is 2.04 bits per heavy atom. The number of H-pyrrole nitrogens is 1. The molecule has 2 N–H and O–H groups in total. The third-order valence-electron chi connectivity index (χ3n) is 4.03. The van der Waals surface area contributed by atoms with Crippen molar-refractivity contribution in [1.29, 1.82) is 5.26 Å². The van der Waals surface area contributed by atoms with E-state index >= 15 is 0 Å². The van der Waals surface area contributed by atoms with Crippen molar-refractivity contribution >= 4 is 28.3 Å². The first kappa shape index (κ1) is 20.3. The molecule has 0 aliphatic heterocycles. The van der Waals surface area contributed by atoms with E-state index in [0.717, 1.165) is 16.9 Å². The molecule has 0 aliphatic rings. The molecule has 142 valence electrons. The van der Waals surface area contributed by atoms with Crippen LogP contribution in [-0.2, 0) is 16.0 Å². The maximum absolute atomic E-state index is 12.2. The number of nitrogens with zero attached hydrogens (tertiary/aromatic N) is 2. The number of thiazole rings is 1. The minimum atomic E-state index is -0.462. The lowest BCUT2D eigenvalue weighted by atomic mass is 9.99. The first-order chi connectivity index (χ1) is 12.8. The predicted octanol–water partition coefficient (Wildman–Crippen LogP) is 2.38. The minimum absolute atomic E-state index is 0.0608. The molecule has 0 saturated carbocycles. The van der Waals surface area contributed by atoms with E-state index in [-0.39, 0.29) is 24.5 Å². The Morgan fingerprint density at radius 3 is 2.67 bits per heavy atom. The number of pyridine rings is 1. The highest BCUT2D eigenvalue weighted by atomic mass is 32.1. The molecule has 0 aromatic carbocycles. The van der Waals surface area contributed by atoms with Gasteiger partial charge in [-0.05, 0) is 45.2 Å². The number of hydrogen-bond donors (Lipinski definition) is 2. The van der Waals surface area contributed by atoms with Gasteiger partial charge in [0.2, 0.25) is 5.91 Å². The van der Waals surface area contributed by atoms with E-state index in [1.165, 1.54) is 0 Å². The highest BCUT2D eigenvalue weighted by Gasteiger charge is 2.18. The van der Waals surface area contributed by atoms with Crippen LogP contribution in [0.4, 0.5) is 5.13 Å². The number of carbonyl (C=O) groups excluding carboxylic acids is 2. The number of hydrogen-bond acceptors (Lipinski definition) is 7. The third kappa shape index (κ3) is 4.60. The van der Waals surface area contributed by atoms with Crippen LogP contribution in [0.1, 0.15) is 51.1 Å².